The van der Waals surface area contributed by atoms with E-state index < -0.39 is 10.0 Å². The summed E-state index contributed by atoms with van der Waals surface area (Å²) in [6, 6.07) is 15.1. The van der Waals surface area contributed by atoms with Crippen molar-refractivity contribution in [3.8, 4) is 11.9 Å². The molecule has 8 nitrogen and oxygen atoms in total. The minimum atomic E-state index is -3.61. The Morgan fingerprint density at radius 1 is 1.00 bits per heavy atom. The van der Waals surface area contributed by atoms with Crippen LogP contribution < -0.4 is 10.0 Å². The van der Waals surface area contributed by atoms with Gasteiger partial charge in [0.1, 0.15) is 5.82 Å². The molecule has 3 aromatic rings. The first-order chi connectivity index (χ1) is 12.6. The molecule has 0 aliphatic carbocycles. The first-order valence-corrected chi connectivity index (χ1v) is 9.27. The van der Waals surface area contributed by atoms with Gasteiger partial charge in [-0.05, 0) is 48.5 Å². The summed E-state index contributed by atoms with van der Waals surface area (Å²) in [5.41, 5.74) is 0.410. The normalized spacial score (nSPS) is 11.0. The molecule has 0 unspecified atom stereocenters. The third-order valence-corrected chi connectivity index (χ3v) is 5.01. The summed E-state index contributed by atoms with van der Waals surface area (Å²) in [5, 5.41) is 19.9. The molecular formula is C17H16N6O2S. The fraction of sp³-hybridized carbons (Fsp3) is 0.118. The molecule has 0 atom stereocenters. The van der Waals surface area contributed by atoms with Crippen LogP contribution in [0, 0.1) is 11.3 Å². The molecule has 1 aromatic carbocycles. The molecular weight excluding hydrogens is 352 g/mol. The average Bonchev–Trinajstić information content (AvgIpc) is 3.20. The first kappa shape index (κ1) is 17.6. The first-order valence-electron chi connectivity index (χ1n) is 7.79. The smallest absolute Gasteiger partial charge is 0.240 e. The Bertz CT molecular complexity index is 991. The molecule has 0 aliphatic rings. The molecule has 0 amide bonds. The van der Waals surface area contributed by atoms with Crippen LogP contribution in [0.4, 0.5) is 5.82 Å². The van der Waals surface area contributed by atoms with Crippen molar-refractivity contribution in [2.45, 2.75) is 4.90 Å². The maximum absolute atomic E-state index is 12.2. The van der Waals surface area contributed by atoms with Crippen LogP contribution in [0.15, 0.2) is 65.8 Å². The lowest BCUT2D eigenvalue weighted by Gasteiger charge is -2.08. The van der Waals surface area contributed by atoms with E-state index in [1.54, 1.807) is 6.07 Å². The molecule has 2 heterocycles. The maximum Gasteiger partial charge on any atom is 0.240 e. The average molecular weight is 368 g/mol. The Kier molecular flexibility index (Phi) is 5.26. The fourth-order valence-corrected chi connectivity index (χ4v) is 3.24. The van der Waals surface area contributed by atoms with Gasteiger partial charge in [-0.1, -0.05) is 0 Å². The molecule has 26 heavy (non-hydrogen) atoms. The van der Waals surface area contributed by atoms with Gasteiger partial charge in [0, 0.05) is 25.5 Å². The third kappa shape index (κ3) is 4.24. The van der Waals surface area contributed by atoms with Crippen LogP contribution >= 0.6 is 0 Å². The Morgan fingerprint density at radius 2 is 1.73 bits per heavy atom. The van der Waals surface area contributed by atoms with Crippen molar-refractivity contribution in [2.24, 2.45) is 0 Å². The number of aromatic nitrogens is 3. The predicted molar refractivity (Wildman–Crippen MR) is 96.2 cm³/mol. The van der Waals surface area contributed by atoms with E-state index >= 15 is 0 Å². The Hall–Kier alpha value is -3.22. The van der Waals surface area contributed by atoms with Gasteiger partial charge in [0.05, 0.1) is 16.5 Å². The van der Waals surface area contributed by atoms with E-state index in [9.17, 15) is 8.42 Å². The monoisotopic (exact) mass is 368 g/mol. The molecule has 0 spiro atoms. The molecule has 132 valence electrons. The number of anilines is 1. The summed E-state index contributed by atoms with van der Waals surface area (Å²) in [6.07, 6.45) is 3.74. The molecule has 0 radical (unpaired) electrons. The van der Waals surface area contributed by atoms with Gasteiger partial charge in [0.25, 0.3) is 0 Å². The van der Waals surface area contributed by atoms with Gasteiger partial charge in [-0.15, -0.1) is 10.2 Å². The second-order valence-electron chi connectivity index (χ2n) is 5.33. The zero-order valence-corrected chi connectivity index (χ0v) is 14.5. The highest BCUT2D eigenvalue weighted by Crippen LogP contribution is 2.10. The summed E-state index contributed by atoms with van der Waals surface area (Å²) < 4.78 is 28.7. The minimum absolute atomic E-state index is 0.118. The van der Waals surface area contributed by atoms with Crippen LogP contribution in [0.25, 0.3) is 5.82 Å². The lowest BCUT2D eigenvalue weighted by molar-refractivity contribution is 0.583. The van der Waals surface area contributed by atoms with Crippen LogP contribution in [-0.4, -0.2) is 36.3 Å². The summed E-state index contributed by atoms with van der Waals surface area (Å²) >= 11 is 0. The number of benzene rings is 1. The topological polar surface area (TPSA) is 113 Å². The highest BCUT2D eigenvalue weighted by molar-refractivity contribution is 7.89. The molecule has 2 aromatic heterocycles. The minimum Gasteiger partial charge on any atom is -0.367 e. The van der Waals surface area contributed by atoms with Gasteiger partial charge in [-0.3, -0.25) is 0 Å². The zero-order valence-electron chi connectivity index (χ0n) is 13.7. The van der Waals surface area contributed by atoms with Crippen molar-refractivity contribution in [1.82, 2.24) is 19.5 Å². The largest absolute Gasteiger partial charge is 0.367 e. The molecule has 0 aliphatic heterocycles. The van der Waals surface area contributed by atoms with E-state index in [-0.39, 0.29) is 11.4 Å². The lowest BCUT2D eigenvalue weighted by atomic mass is 10.2. The zero-order chi connectivity index (χ0) is 18.4. The molecule has 0 bridgehead atoms. The standard InChI is InChI=1S/C17H16N6O2S/c18-13-14-3-5-15(6-4-14)26(24,25)20-10-9-19-16-7-8-17(22-21-16)23-11-1-2-12-23/h1-8,11-12,20H,9-10H2,(H,19,21). The van der Waals surface area contributed by atoms with E-state index in [1.165, 1.54) is 24.3 Å². The molecule has 2 N–H and O–H groups in total. The van der Waals surface area contributed by atoms with Crippen molar-refractivity contribution in [1.29, 1.82) is 5.26 Å². The van der Waals surface area contributed by atoms with Crippen LogP contribution in [0.5, 0.6) is 0 Å². The highest BCUT2D eigenvalue weighted by atomic mass is 32.2. The predicted octanol–water partition coefficient (Wildman–Crippen LogP) is 1.53. The van der Waals surface area contributed by atoms with Gasteiger partial charge in [0.15, 0.2) is 5.82 Å². The lowest BCUT2D eigenvalue weighted by Crippen LogP contribution is -2.29. The van der Waals surface area contributed by atoms with Crippen LogP contribution in [0.2, 0.25) is 0 Å². The number of nitrogens with zero attached hydrogens (tertiary/aromatic N) is 4. The highest BCUT2D eigenvalue weighted by Gasteiger charge is 2.12. The maximum atomic E-state index is 12.2. The molecule has 9 heteroatoms. The van der Waals surface area contributed by atoms with Gasteiger partial charge >= 0.3 is 0 Å². The summed E-state index contributed by atoms with van der Waals surface area (Å²) in [5.74, 6) is 1.25. The van der Waals surface area contributed by atoms with Crippen molar-refractivity contribution in [2.75, 3.05) is 18.4 Å². The number of nitrogens with one attached hydrogen (secondary N) is 2. The second kappa shape index (κ2) is 7.77. The Morgan fingerprint density at radius 3 is 2.35 bits per heavy atom. The van der Waals surface area contributed by atoms with Crippen LogP contribution in [-0.2, 0) is 10.0 Å². The van der Waals surface area contributed by atoms with Crippen LogP contribution in [0.1, 0.15) is 5.56 Å². The van der Waals surface area contributed by atoms with E-state index in [2.05, 4.69) is 20.2 Å². The summed E-state index contributed by atoms with van der Waals surface area (Å²) in [4.78, 5) is 0.118. The summed E-state index contributed by atoms with van der Waals surface area (Å²) in [6.45, 7) is 0.538. The van der Waals surface area contributed by atoms with Gasteiger partial charge < -0.3 is 9.88 Å². The van der Waals surface area contributed by atoms with E-state index in [0.29, 0.717) is 23.7 Å². The van der Waals surface area contributed by atoms with E-state index in [4.69, 9.17) is 5.26 Å². The number of hydrogen-bond donors (Lipinski definition) is 2. The number of hydrogen-bond acceptors (Lipinski definition) is 6. The number of rotatable bonds is 7. The van der Waals surface area contributed by atoms with Crippen molar-refractivity contribution in [3.63, 3.8) is 0 Å². The summed E-state index contributed by atoms with van der Waals surface area (Å²) in [7, 11) is -3.61. The quantitative estimate of drug-likeness (QED) is 0.612. The Labute approximate surface area is 151 Å². The molecule has 0 saturated carbocycles. The SMILES string of the molecule is N#Cc1ccc(S(=O)(=O)NCCNc2ccc(-n3cccc3)nn2)cc1. The van der Waals surface area contributed by atoms with E-state index in [1.807, 2.05) is 41.2 Å². The van der Waals surface area contributed by atoms with Crippen molar-refractivity contribution < 1.29 is 8.42 Å². The third-order valence-electron chi connectivity index (χ3n) is 3.54. The molecule has 0 saturated heterocycles. The van der Waals surface area contributed by atoms with Gasteiger partial charge in [-0.25, -0.2) is 13.1 Å². The molecule has 3 rings (SSSR count). The van der Waals surface area contributed by atoms with Gasteiger partial charge in [-0.2, -0.15) is 5.26 Å². The van der Waals surface area contributed by atoms with Crippen molar-refractivity contribution in [3.05, 3.63) is 66.5 Å². The Balaban J connectivity index is 1.51. The molecule has 0 fully saturated rings. The second-order valence-corrected chi connectivity index (χ2v) is 7.09. The fourth-order valence-electron chi connectivity index (χ4n) is 2.21. The number of nitriles is 1. The van der Waals surface area contributed by atoms with Crippen molar-refractivity contribution >= 4 is 15.8 Å². The van der Waals surface area contributed by atoms with Crippen LogP contribution in [0.3, 0.4) is 0 Å². The van der Waals surface area contributed by atoms with Gasteiger partial charge in [0.2, 0.25) is 10.0 Å². The number of sulfonamides is 1. The van der Waals surface area contributed by atoms with E-state index in [0.717, 1.165) is 0 Å².